The molecule has 1 unspecified atom stereocenters. The number of ether oxygens (including phenoxy) is 2. The van der Waals surface area contributed by atoms with Crippen molar-refractivity contribution in [3.05, 3.63) is 48.0 Å². The molecule has 1 N–H and O–H groups in total. The van der Waals surface area contributed by atoms with Crippen LogP contribution in [0.1, 0.15) is 12.5 Å². The minimum atomic E-state index is -0.0653. The number of piperazine rings is 1. The summed E-state index contributed by atoms with van der Waals surface area (Å²) in [6.45, 7) is 6.25. The number of benzene rings is 2. The molecule has 1 atom stereocenters. The average molecular weight is 369 g/mol. The number of hydrogen-bond acceptors (Lipinski definition) is 4. The lowest BCUT2D eigenvalue weighted by Gasteiger charge is -2.41. The number of carbonyl (C=O) groups is 1. The Balaban J connectivity index is 1.62. The zero-order valence-electron chi connectivity index (χ0n) is 16.4. The lowest BCUT2D eigenvalue weighted by molar-refractivity contribution is 0.200. The standard InChI is InChI=1S/C21H27N3O3/c1-15-13-19(27-4)9-10-20(15)22-21(25)23-11-12-24(16(2)14-23)17-5-7-18(26-3)8-6-17/h5-10,13,16H,11-12,14H2,1-4H3,(H,22,25). The fourth-order valence-corrected chi connectivity index (χ4v) is 3.40. The van der Waals surface area contributed by atoms with E-state index in [1.54, 1.807) is 14.2 Å². The third-order valence-electron chi connectivity index (χ3n) is 4.99. The molecule has 2 aromatic carbocycles. The van der Waals surface area contributed by atoms with Crippen LogP contribution < -0.4 is 19.7 Å². The molecule has 3 rings (SSSR count). The summed E-state index contributed by atoms with van der Waals surface area (Å²) >= 11 is 0. The average Bonchev–Trinajstić information content (AvgIpc) is 2.69. The molecule has 6 heteroatoms. The van der Waals surface area contributed by atoms with Crippen molar-refractivity contribution < 1.29 is 14.3 Å². The van der Waals surface area contributed by atoms with Crippen LogP contribution in [-0.2, 0) is 0 Å². The highest BCUT2D eigenvalue weighted by Crippen LogP contribution is 2.25. The number of hydrogen-bond donors (Lipinski definition) is 1. The molecule has 0 radical (unpaired) electrons. The van der Waals surface area contributed by atoms with Gasteiger partial charge in [0, 0.05) is 37.1 Å². The van der Waals surface area contributed by atoms with E-state index < -0.39 is 0 Å². The zero-order valence-corrected chi connectivity index (χ0v) is 16.4. The number of carbonyl (C=O) groups excluding carboxylic acids is 1. The number of amides is 2. The molecule has 6 nitrogen and oxygen atoms in total. The van der Waals surface area contributed by atoms with E-state index in [9.17, 15) is 4.79 Å². The van der Waals surface area contributed by atoms with Crippen LogP contribution in [-0.4, -0.2) is 50.8 Å². The van der Waals surface area contributed by atoms with Crippen LogP contribution in [0.25, 0.3) is 0 Å². The Morgan fingerprint density at radius 3 is 2.30 bits per heavy atom. The molecule has 0 saturated carbocycles. The van der Waals surface area contributed by atoms with Gasteiger partial charge in [0.05, 0.1) is 14.2 Å². The van der Waals surface area contributed by atoms with Crippen molar-refractivity contribution in [3.8, 4) is 11.5 Å². The molecule has 1 aliphatic heterocycles. The first kappa shape index (κ1) is 18.9. The van der Waals surface area contributed by atoms with Crippen molar-refractivity contribution in [3.63, 3.8) is 0 Å². The fourth-order valence-electron chi connectivity index (χ4n) is 3.40. The molecular weight excluding hydrogens is 342 g/mol. The normalized spacial score (nSPS) is 16.8. The monoisotopic (exact) mass is 369 g/mol. The molecule has 0 aliphatic carbocycles. The lowest BCUT2D eigenvalue weighted by atomic mass is 10.1. The SMILES string of the molecule is COc1ccc(N2CCN(C(=O)Nc3ccc(OC)cc3C)CC2C)cc1. The minimum absolute atomic E-state index is 0.0653. The van der Waals surface area contributed by atoms with E-state index in [4.69, 9.17) is 9.47 Å². The fraction of sp³-hybridized carbons (Fsp3) is 0.381. The van der Waals surface area contributed by atoms with Crippen molar-refractivity contribution in [2.24, 2.45) is 0 Å². The van der Waals surface area contributed by atoms with E-state index in [0.717, 1.165) is 35.0 Å². The molecule has 144 valence electrons. The summed E-state index contributed by atoms with van der Waals surface area (Å²) in [6, 6.07) is 13.9. The maximum atomic E-state index is 12.7. The third-order valence-corrected chi connectivity index (χ3v) is 4.99. The molecule has 1 heterocycles. The summed E-state index contributed by atoms with van der Waals surface area (Å²) in [5, 5.41) is 3.02. The van der Waals surface area contributed by atoms with Crippen molar-refractivity contribution in [1.82, 2.24) is 4.90 Å². The number of methoxy groups -OCH3 is 2. The molecule has 0 aromatic heterocycles. The Hall–Kier alpha value is -2.89. The van der Waals surface area contributed by atoms with Gasteiger partial charge in [-0.1, -0.05) is 0 Å². The van der Waals surface area contributed by atoms with Gasteiger partial charge in [0.25, 0.3) is 0 Å². The number of nitrogens with one attached hydrogen (secondary N) is 1. The summed E-state index contributed by atoms with van der Waals surface area (Å²) in [7, 11) is 3.30. The van der Waals surface area contributed by atoms with E-state index in [-0.39, 0.29) is 12.1 Å². The molecule has 2 aromatic rings. The molecule has 0 spiro atoms. The van der Waals surface area contributed by atoms with Crippen molar-refractivity contribution >= 4 is 17.4 Å². The first-order valence-corrected chi connectivity index (χ1v) is 9.13. The second-order valence-corrected chi connectivity index (χ2v) is 6.80. The summed E-state index contributed by atoms with van der Waals surface area (Å²) in [5.41, 5.74) is 2.94. The lowest BCUT2D eigenvalue weighted by Crippen LogP contribution is -2.54. The van der Waals surface area contributed by atoms with Gasteiger partial charge in [-0.3, -0.25) is 0 Å². The molecule has 1 fully saturated rings. The molecule has 1 aliphatic rings. The zero-order chi connectivity index (χ0) is 19.4. The molecule has 27 heavy (non-hydrogen) atoms. The summed E-state index contributed by atoms with van der Waals surface area (Å²) < 4.78 is 10.4. The second kappa shape index (κ2) is 8.20. The van der Waals surface area contributed by atoms with Gasteiger partial charge in [0.2, 0.25) is 0 Å². The van der Waals surface area contributed by atoms with Crippen LogP contribution in [0.3, 0.4) is 0 Å². The van der Waals surface area contributed by atoms with E-state index in [1.165, 1.54) is 0 Å². The van der Waals surface area contributed by atoms with Crippen molar-refractivity contribution in [2.75, 3.05) is 44.1 Å². The van der Waals surface area contributed by atoms with Crippen LogP contribution in [0.4, 0.5) is 16.2 Å². The molecule has 2 amide bonds. The van der Waals surface area contributed by atoms with E-state index >= 15 is 0 Å². The van der Waals surface area contributed by atoms with Gasteiger partial charge in [-0.2, -0.15) is 0 Å². The number of urea groups is 1. The molecule has 1 saturated heterocycles. The Kier molecular flexibility index (Phi) is 5.74. The van der Waals surface area contributed by atoms with Gasteiger partial charge < -0.3 is 24.6 Å². The van der Waals surface area contributed by atoms with E-state index in [2.05, 4.69) is 29.3 Å². The Labute approximate surface area is 160 Å². The topological polar surface area (TPSA) is 54.0 Å². The highest BCUT2D eigenvalue weighted by atomic mass is 16.5. The predicted octanol–water partition coefficient (Wildman–Crippen LogP) is 3.75. The van der Waals surface area contributed by atoms with Gasteiger partial charge in [-0.05, 0) is 61.9 Å². The quantitative estimate of drug-likeness (QED) is 0.892. The number of nitrogens with zero attached hydrogens (tertiary/aromatic N) is 2. The largest absolute Gasteiger partial charge is 0.497 e. The van der Waals surface area contributed by atoms with E-state index in [0.29, 0.717) is 13.1 Å². The maximum absolute atomic E-state index is 12.7. The summed E-state index contributed by atoms with van der Waals surface area (Å²) in [6.07, 6.45) is 0. The van der Waals surface area contributed by atoms with Gasteiger partial charge >= 0.3 is 6.03 Å². The van der Waals surface area contributed by atoms with Crippen LogP contribution in [0, 0.1) is 6.92 Å². The first-order chi connectivity index (χ1) is 13.0. The highest BCUT2D eigenvalue weighted by Gasteiger charge is 2.27. The second-order valence-electron chi connectivity index (χ2n) is 6.80. The van der Waals surface area contributed by atoms with Crippen molar-refractivity contribution in [1.29, 1.82) is 0 Å². The smallest absolute Gasteiger partial charge is 0.321 e. The van der Waals surface area contributed by atoms with Crippen LogP contribution in [0.5, 0.6) is 11.5 Å². The van der Waals surface area contributed by atoms with Crippen LogP contribution in [0.15, 0.2) is 42.5 Å². The third kappa shape index (κ3) is 4.27. The Bertz CT molecular complexity index is 792. The Morgan fingerprint density at radius 2 is 1.70 bits per heavy atom. The predicted molar refractivity (Wildman–Crippen MR) is 108 cm³/mol. The van der Waals surface area contributed by atoms with Crippen LogP contribution >= 0.6 is 0 Å². The van der Waals surface area contributed by atoms with Gasteiger partial charge in [0.1, 0.15) is 11.5 Å². The minimum Gasteiger partial charge on any atom is -0.497 e. The van der Waals surface area contributed by atoms with Gasteiger partial charge in [0.15, 0.2) is 0 Å². The van der Waals surface area contributed by atoms with E-state index in [1.807, 2.05) is 42.2 Å². The molecular formula is C21H27N3O3. The van der Waals surface area contributed by atoms with Crippen molar-refractivity contribution in [2.45, 2.75) is 19.9 Å². The van der Waals surface area contributed by atoms with Gasteiger partial charge in [-0.15, -0.1) is 0 Å². The molecule has 0 bridgehead atoms. The Morgan fingerprint density at radius 1 is 1.04 bits per heavy atom. The summed E-state index contributed by atoms with van der Waals surface area (Å²) in [5.74, 6) is 1.63. The highest BCUT2D eigenvalue weighted by molar-refractivity contribution is 5.90. The van der Waals surface area contributed by atoms with Gasteiger partial charge in [-0.25, -0.2) is 4.79 Å². The number of aryl methyl sites for hydroxylation is 1. The maximum Gasteiger partial charge on any atom is 0.321 e. The summed E-state index contributed by atoms with van der Waals surface area (Å²) in [4.78, 5) is 16.9. The first-order valence-electron chi connectivity index (χ1n) is 9.13. The number of anilines is 2. The number of rotatable bonds is 4. The van der Waals surface area contributed by atoms with Crippen LogP contribution in [0.2, 0.25) is 0 Å².